The zero-order chi connectivity index (χ0) is 12.4. The van der Waals surface area contributed by atoms with Crippen molar-refractivity contribution in [3.8, 4) is 0 Å². The van der Waals surface area contributed by atoms with Crippen LogP contribution in [-0.4, -0.2) is 19.1 Å². The molecule has 0 aromatic carbocycles. The Morgan fingerprint density at radius 2 is 2.00 bits per heavy atom. The molecule has 2 N–H and O–H groups in total. The predicted octanol–water partition coefficient (Wildman–Crippen LogP) is 2.73. The minimum atomic E-state index is -0.0906. The molecule has 3 nitrogen and oxygen atoms in total. The zero-order valence-corrected chi connectivity index (χ0v) is 11.0. The highest BCUT2D eigenvalue weighted by Gasteiger charge is 2.14. The van der Waals surface area contributed by atoms with E-state index in [0.29, 0.717) is 25.5 Å². The Balaban J connectivity index is 3.66. The van der Waals surface area contributed by atoms with Crippen LogP contribution >= 0.6 is 0 Å². The highest BCUT2D eigenvalue weighted by molar-refractivity contribution is 5.69. The van der Waals surface area contributed by atoms with Crippen LogP contribution in [0.5, 0.6) is 0 Å². The van der Waals surface area contributed by atoms with Crippen molar-refractivity contribution in [1.82, 2.24) is 0 Å². The molecule has 0 amide bonds. The third kappa shape index (κ3) is 8.72. The Hall–Kier alpha value is -0.570. The molecule has 0 spiro atoms. The summed E-state index contributed by atoms with van der Waals surface area (Å²) in [5.74, 6) is 0.771. The van der Waals surface area contributed by atoms with Gasteiger partial charge in [0.15, 0.2) is 0 Å². The minimum Gasteiger partial charge on any atom is -0.466 e. The van der Waals surface area contributed by atoms with Gasteiger partial charge >= 0.3 is 5.97 Å². The van der Waals surface area contributed by atoms with Crippen LogP contribution in [-0.2, 0) is 9.53 Å². The Labute approximate surface area is 99.7 Å². The summed E-state index contributed by atoms with van der Waals surface area (Å²) >= 11 is 0. The Morgan fingerprint density at radius 3 is 2.50 bits per heavy atom. The summed E-state index contributed by atoms with van der Waals surface area (Å²) < 4.78 is 5.16. The molecule has 0 unspecified atom stereocenters. The maximum absolute atomic E-state index is 11.5. The molecule has 0 aliphatic heterocycles. The third-order valence-electron chi connectivity index (χ3n) is 2.60. The topological polar surface area (TPSA) is 52.3 Å². The Morgan fingerprint density at radius 1 is 1.31 bits per heavy atom. The summed E-state index contributed by atoms with van der Waals surface area (Å²) in [7, 11) is 0. The van der Waals surface area contributed by atoms with Gasteiger partial charge in [-0.1, -0.05) is 33.6 Å². The van der Waals surface area contributed by atoms with Crippen molar-refractivity contribution in [3.63, 3.8) is 0 Å². The molecule has 0 rings (SSSR count). The number of carbonyl (C=O) groups excluding carboxylic acids is 1. The summed E-state index contributed by atoms with van der Waals surface area (Å²) in [6.07, 6.45) is 4.72. The average molecular weight is 229 g/mol. The average Bonchev–Trinajstić information content (AvgIpc) is 2.23. The molecule has 0 fully saturated rings. The van der Waals surface area contributed by atoms with E-state index in [1.54, 1.807) is 0 Å². The number of unbranched alkanes of at least 4 members (excludes halogenated alkanes) is 2. The number of esters is 1. The number of ether oxygens (including phenoxy) is 1. The number of carbonyl (C=O) groups is 1. The lowest BCUT2D eigenvalue weighted by molar-refractivity contribution is -0.144. The number of hydrogen-bond acceptors (Lipinski definition) is 3. The lowest BCUT2D eigenvalue weighted by atomic mass is 9.94. The lowest BCUT2D eigenvalue weighted by Crippen LogP contribution is -2.21. The molecule has 0 aromatic rings. The highest BCUT2D eigenvalue weighted by Crippen LogP contribution is 2.14. The van der Waals surface area contributed by atoms with E-state index in [-0.39, 0.29) is 11.9 Å². The Bertz CT molecular complexity index is 181. The van der Waals surface area contributed by atoms with Crippen molar-refractivity contribution < 1.29 is 9.53 Å². The summed E-state index contributed by atoms with van der Waals surface area (Å²) in [6, 6.07) is 0. The largest absolute Gasteiger partial charge is 0.466 e. The highest BCUT2D eigenvalue weighted by atomic mass is 16.5. The summed E-state index contributed by atoms with van der Waals surface area (Å²) in [6.45, 7) is 7.56. The molecular weight excluding hydrogens is 202 g/mol. The van der Waals surface area contributed by atoms with Crippen LogP contribution in [0.2, 0.25) is 0 Å². The first kappa shape index (κ1) is 15.4. The second kappa shape index (κ2) is 9.64. The Kier molecular flexibility index (Phi) is 9.30. The second-order valence-corrected chi connectivity index (χ2v) is 4.86. The molecule has 1 atom stereocenters. The van der Waals surface area contributed by atoms with E-state index in [9.17, 15) is 4.79 Å². The fourth-order valence-electron chi connectivity index (χ4n) is 1.76. The van der Waals surface area contributed by atoms with Gasteiger partial charge < -0.3 is 10.5 Å². The van der Waals surface area contributed by atoms with Gasteiger partial charge in [-0.05, 0) is 31.2 Å². The zero-order valence-electron chi connectivity index (χ0n) is 11.0. The standard InChI is InChI=1S/C13H27NO2/c1-4-5-6-7-16-13(15)9-12(10-14)8-11(2)3/h11-12H,4-10,14H2,1-3H3/t12-/m0/s1. The SMILES string of the molecule is CCCCCOC(=O)C[C@@H](CN)CC(C)C. The quantitative estimate of drug-likeness (QED) is 0.488. The van der Waals surface area contributed by atoms with Crippen molar-refractivity contribution in [1.29, 1.82) is 0 Å². The molecule has 0 saturated carbocycles. The van der Waals surface area contributed by atoms with Crippen LogP contribution in [0.25, 0.3) is 0 Å². The van der Waals surface area contributed by atoms with Gasteiger partial charge in [-0.2, -0.15) is 0 Å². The molecule has 0 aromatic heterocycles. The van der Waals surface area contributed by atoms with Crippen LogP contribution in [0, 0.1) is 11.8 Å². The van der Waals surface area contributed by atoms with Crippen LogP contribution in [0.1, 0.15) is 52.9 Å². The van der Waals surface area contributed by atoms with Crippen LogP contribution < -0.4 is 5.73 Å². The molecule has 16 heavy (non-hydrogen) atoms. The first-order valence-corrected chi connectivity index (χ1v) is 6.45. The molecule has 0 radical (unpaired) electrons. The van der Waals surface area contributed by atoms with Gasteiger partial charge in [-0.15, -0.1) is 0 Å². The minimum absolute atomic E-state index is 0.0906. The monoisotopic (exact) mass is 229 g/mol. The van der Waals surface area contributed by atoms with E-state index >= 15 is 0 Å². The van der Waals surface area contributed by atoms with E-state index in [0.717, 1.165) is 25.7 Å². The van der Waals surface area contributed by atoms with Gasteiger partial charge in [0, 0.05) is 6.42 Å². The molecule has 0 bridgehead atoms. The van der Waals surface area contributed by atoms with E-state index < -0.39 is 0 Å². The number of rotatable bonds is 9. The maximum atomic E-state index is 11.5. The fraction of sp³-hybridized carbons (Fsp3) is 0.923. The van der Waals surface area contributed by atoms with Crippen molar-refractivity contribution in [2.75, 3.05) is 13.2 Å². The van der Waals surface area contributed by atoms with E-state index in [1.807, 2.05) is 0 Å². The fourth-order valence-corrected chi connectivity index (χ4v) is 1.76. The van der Waals surface area contributed by atoms with Gasteiger partial charge in [-0.25, -0.2) is 0 Å². The first-order valence-electron chi connectivity index (χ1n) is 6.45. The van der Waals surface area contributed by atoms with Gasteiger partial charge in [0.25, 0.3) is 0 Å². The molecule has 96 valence electrons. The number of nitrogens with two attached hydrogens (primary N) is 1. The van der Waals surface area contributed by atoms with Crippen molar-refractivity contribution in [2.24, 2.45) is 17.6 Å². The molecule has 0 aliphatic rings. The lowest BCUT2D eigenvalue weighted by Gasteiger charge is -2.16. The molecule has 3 heteroatoms. The van der Waals surface area contributed by atoms with Gasteiger partial charge in [0.1, 0.15) is 0 Å². The maximum Gasteiger partial charge on any atom is 0.306 e. The summed E-state index contributed by atoms with van der Waals surface area (Å²) in [4.78, 5) is 11.5. The van der Waals surface area contributed by atoms with Crippen LogP contribution in [0.15, 0.2) is 0 Å². The predicted molar refractivity (Wildman–Crippen MR) is 67.1 cm³/mol. The molecule has 0 aliphatic carbocycles. The van der Waals surface area contributed by atoms with E-state index in [4.69, 9.17) is 10.5 Å². The van der Waals surface area contributed by atoms with Gasteiger partial charge in [0.2, 0.25) is 0 Å². The number of hydrogen-bond donors (Lipinski definition) is 1. The summed E-state index contributed by atoms with van der Waals surface area (Å²) in [5.41, 5.74) is 5.64. The van der Waals surface area contributed by atoms with Crippen molar-refractivity contribution in [3.05, 3.63) is 0 Å². The molecule has 0 saturated heterocycles. The molecular formula is C13H27NO2. The van der Waals surface area contributed by atoms with E-state index in [1.165, 1.54) is 0 Å². The smallest absolute Gasteiger partial charge is 0.306 e. The van der Waals surface area contributed by atoms with Crippen molar-refractivity contribution in [2.45, 2.75) is 52.9 Å². The van der Waals surface area contributed by atoms with Crippen LogP contribution in [0.4, 0.5) is 0 Å². The molecule has 0 heterocycles. The first-order chi connectivity index (χ1) is 7.60. The van der Waals surface area contributed by atoms with Crippen LogP contribution in [0.3, 0.4) is 0 Å². The van der Waals surface area contributed by atoms with E-state index in [2.05, 4.69) is 20.8 Å². The third-order valence-corrected chi connectivity index (χ3v) is 2.60. The normalized spacial score (nSPS) is 12.8. The van der Waals surface area contributed by atoms with Gasteiger partial charge in [0.05, 0.1) is 6.61 Å². The van der Waals surface area contributed by atoms with Crippen molar-refractivity contribution >= 4 is 5.97 Å². The summed E-state index contributed by atoms with van der Waals surface area (Å²) in [5, 5.41) is 0. The second-order valence-electron chi connectivity index (χ2n) is 4.86. The van der Waals surface area contributed by atoms with Gasteiger partial charge in [-0.3, -0.25) is 4.79 Å².